The molecule has 4 heteroatoms. The largest absolute Gasteiger partial charge is 0.304 e. The van der Waals surface area contributed by atoms with Crippen molar-refractivity contribution in [3.8, 4) is 0 Å². The minimum absolute atomic E-state index is 0.0609. The number of rotatable bonds is 5. The molecule has 0 saturated heterocycles. The number of aromatic nitrogens is 2. The lowest BCUT2D eigenvalue weighted by Crippen LogP contribution is -2.25. The Morgan fingerprint density at radius 1 is 1.21 bits per heavy atom. The molecule has 2 rings (SSSR count). The molecule has 0 aliphatic rings. The third-order valence-electron chi connectivity index (χ3n) is 2.87. The van der Waals surface area contributed by atoms with Gasteiger partial charge in [0, 0.05) is 17.4 Å². The molecule has 0 aliphatic carbocycles. The summed E-state index contributed by atoms with van der Waals surface area (Å²) in [5.74, 6) is 0.757. The molecule has 0 amide bonds. The van der Waals surface area contributed by atoms with Gasteiger partial charge in [-0.2, -0.15) is 0 Å². The molecule has 0 saturated carbocycles. The highest BCUT2D eigenvalue weighted by Crippen LogP contribution is 2.26. The normalized spacial score (nSPS) is 12.4. The van der Waals surface area contributed by atoms with E-state index < -0.39 is 0 Å². The van der Waals surface area contributed by atoms with Crippen LogP contribution >= 0.6 is 11.6 Å². The fourth-order valence-electron chi connectivity index (χ4n) is 1.89. The Bertz CT molecular complexity index is 525. The molecule has 0 aliphatic heterocycles. The molecule has 1 aromatic heterocycles. The second-order valence-corrected chi connectivity index (χ2v) is 4.93. The van der Waals surface area contributed by atoms with Gasteiger partial charge in [0.15, 0.2) is 0 Å². The summed E-state index contributed by atoms with van der Waals surface area (Å²) in [5.41, 5.74) is 2.07. The van der Waals surface area contributed by atoms with Crippen LogP contribution in [0.1, 0.15) is 36.3 Å². The van der Waals surface area contributed by atoms with Crippen molar-refractivity contribution in [1.29, 1.82) is 0 Å². The first-order chi connectivity index (χ1) is 9.22. The maximum Gasteiger partial charge on any atom is 0.149 e. The van der Waals surface area contributed by atoms with Crippen molar-refractivity contribution >= 4 is 11.6 Å². The lowest BCUT2D eigenvalue weighted by atomic mass is 10.1. The number of halogens is 1. The van der Waals surface area contributed by atoms with E-state index in [0.717, 1.165) is 34.9 Å². The van der Waals surface area contributed by atoms with Gasteiger partial charge < -0.3 is 5.32 Å². The van der Waals surface area contributed by atoms with Crippen LogP contribution in [0.4, 0.5) is 0 Å². The van der Waals surface area contributed by atoms with Crippen LogP contribution in [-0.4, -0.2) is 16.5 Å². The van der Waals surface area contributed by atoms with E-state index in [9.17, 15) is 0 Å². The average molecular weight is 276 g/mol. The molecule has 0 spiro atoms. The zero-order chi connectivity index (χ0) is 13.7. The van der Waals surface area contributed by atoms with Gasteiger partial charge in [0.05, 0.1) is 6.04 Å². The van der Waals surface area contributed by atoms with E-state index >= 15 is 0 Å². The first-order valence-electron chi connectivity index (χ1n) is 6.48. The van der Waals surface area contributed by atoms with Crippen LogP contribution in [0.3, 0.4) is 0 Å². The monoisotopic (exact) mass is 275 g/mol. The third kappa shape index (κ3) is 3.52. The predicted octanol–water partition coefficient (Wildman–Crippen LogP) is 3.53. The summed E-state index contributed by atoms with van der Waals surface area (Å²) in [6.07, 6.45) is 4.71. The first-order valence-corrected chi connectivity index (χ1v) is 6.86. The molecule has 100 valence electrons. The van der Waals surface area contributed by atoms with Crippen molar-refractivity contribution < 1.29 is 0 Å². The van der Waals surface area contributed by atoms with Crippen molar-refractivity contribution in [3.63, 3.8) is 0 Å². The highest BCUT2D eigenvalue weighted by molar-refractivity contribution is 6.31. The zero-order valence-electron chi connectivity index (χ0n) is 11.2. The minimum Gasteiger partial charge on any atom is -0.304 e. The molecular formula is C15H18ClN3. The summed E-state index contributed by atoms with van der Waals surface area (Å²) in [7, 11) is 0. The Labute approximate surface area is 119 Å². The second-order valence-electron chi connectivity index (χ2n) is 4.53. The molecule has 1 unspecified atom stereocenters. The lowest BCUT2D eigenvalue weighted by Gasteiger charge is -2.18. The van der Waals surface area contributed by atoms with Gasteiger partial charge in [-0.1, -0.05) is 36.7 Å². The molecule has 2 aromatic rings. The van der Waals surface area contributed by atoms with Crippen LogP contribution < -0.4 is 5.32 Å². The summed E-state index contributed by atoms with van der Waals surface area (Å²) < 4.78 is 0. The molecule has 1 atom stereocenters. The number of hydrogen-bond acceptors (Lipinski definition) is 3. The maximum absolute atomic E-state index is 6.28. The summed E-state index contributed by atoms with van der Waals surface area (Å²) in [5, 5.41) is 4.19. The van der Waals surface area contributed by atoms with E-state index in [0.29, 0.717) is 0 Å². The van der Waals surface area contributed by atoms with Crippen LogP contribution in [0.5, 0.6) is 0 Å². The van der Waals surface area contributed by atoms with Gasteiger partial charge in [0.2, 0.25) is 0 Å². The van der Waals surface area contributed by atoms with Crippen LogP contribution in [0.2, 0.25) is 5.02 Å². The van der Waals surface area contributed by atoms with Crippen molar-refractivity contribution in [2.24, 2.45) is 0 Å². The van der Waals surface area contributed by atoms with E-state index in [1.54, 1.807) is 0 Å². The van der Waals surface area contributed by atoms with Crippen molar-refractivity contribution in [1.82, 2.24) is 15.3 Å². The fraction of sp³-hybridized carbons (Fsp3) is 0.333. The highest BCUT2D eigenvalue weighted by atomic mass is 35.5. The molecular weight excluding hydrogens is 258 g/mol. The Balaban J connectivity index is 2.35. The standard InChI is InChI=1S/C15H18ClN3/c1-3-8-17-14(12-6-4-5-7-13(12)16)15-18-9-11(2)10-19-15/h4-7,9-10,14,17H,3,8H2,1-2H3. The smallest absolute Gasteiger partial charge is 0.149 e. The molecule has 0 bridgehead atoms. The van der Waals surface area contributed by atoms with Gasteiger partial charge in [0.1, 0.15) is 5.82 Å². The molecule has 3 nitrogen and oxygen atoms in total. The Morgan fingerprint density at radius 2 is 1.89 bits per heavy atom. The molecule has 0 fully saturated rings. The van der Waals surface area contributed by atoms with Gasteiger partial charge in [0.25, 0.3) is 0 Å². The van der Waals surface area contributed by atoms with Crippen molar-refractivity contribution in [3.05, 3.63) is 58.6 Å². The van der Waals surface area contributed by atoms with Gasteiger partial charge in [-0.3, -0.25) is 0 Å². The minimum atomic E-state index is -0.0609. The second kappa shape index (κ2) is 6.64. The predicted molar refractivity (Wildman–Crippen MR) is 78.4 cm³/mol. The summed E-state index contributed by atoms with van der Waals surface area (Å²) in [4.78, 5) is 8.83. The van der Waals surface area contributed by atoms with Crippen LogP contribution in [-0.2, 0) is 0 Å². The van der Waals surface area contributed by atoms with Crippen LogP contribution in [0.25, 0.3) is 0 Å². The van der Waals surface area contributed by atoms with E-state index in [2.05, 4.69) is 22.2 Å². The number of benzene rings is 1. The van der Waals surface area contributed by atoms with E-state index in [4.69, 9.17) is 11.6 Å². The molecule has 1 aromatic carbocycles. The van der Waals surface area contributed by atoms with Crippen LogP contribution in [0, 0.1) is 6.92 Å². The van der Waals surface area contributed by atoms with Crippen molar-refractivity contribution in [2.75, 3.05) is 6.54 Å². The van der Waals surface area contributed by atoms with Gasteiger partial charge in [-0.05, 0) is 37.1 Å². The number of hydrogen-bond donors (Lipinski definition) is 1. The Morgan fingerprint density at radius 3 is 2.53 bits per heavy atom. The van der Waals surface area contributed by atoms with Gasteiger partial charge in [-0.25, -0.2) is 9.97 Å². The molecule has 0 radical (unpaired) electrons. The summed E-state index contributed by atoms with van der Waals surface area (Å²) in [6.45, 7) is 5.01. The van der Waals surface area contributed by atoms with Gasteiger partial charge >= 0.3 is 0 Å². The molecule has 19 heavy (non-hydrogen) atoms. The SMILES string of the molecule is CCCNC(c1ncc(C)cn1)c1ccccc1Cl. The number of aryl methyl sites for hydroxylation is 1. The van der Waals surface area contributed by atoms with E-state index in [-0.39, 0.29) is 6.04 Å². The van der Waals surface area contributed by atoms with Gasteiger partial charge in [-0.15, -0.1) is 0 Å². The lowest BCUT2D eigenvalue weighted by molar-refractivity contribution is 0.571. The van der Waals surface area contributed by atoms with Crippen LogP contribution in [0.15, 0.2) is 36.7 Å². The quantitative estimate of drug-likeness (QED) is 0.907. The Kier molecular flexibility index (Phi) is 4.88. The summed E-state index contributed by atoms with van der Waals surface area (Å²) >= 11 is 6.28. The number of nitrogens with zero attached hydrogens (tertiary/aromatic N) is 2. The number of nitrogens with one attached hydrogen (secondary N) is 1. The zero-order valence-corrected chi connectivity index (χ0v) is 12.0. The third-order valence-corrected chi connectivity index (χ3v) is 3.22. The summed E-state index contributed by atoms with van der Waals surface area (Å²) in [6, 6.07) is 7.76. The van der Waals surface area contributed by atoms with Crippen molar-refractivity contribution in [2.45, 2.75) is 26.3 Å². The van der Waals surface area contributed by atoms with E-state index in [1.165, 1.54) is 0 Å². The average Bonchev–Trinajstić information content (AvgIpc) is 2.43. The highest BCUT2D eigenvalue weighted by Gasteiger charge is 2.18. The first kappa shape index (κ1) is 14.0. The molecule has 1 N–H and O–H groups in total. The topological polar surface area (TPSA) is 37.8 Å². The maximum atomic E-state index is 6.28. The Hall–Kier alpha value is -1.45. The van der Waals surface area contributed by atoms with E-state index in [1.807, 2.05) is 43.6 Å². The fourth-order valence-corrected chi connectivity index (χ4v) is 2.13. The molecule has 1 heterocycles.